The molecule has 2 aromatic heterocycles. The van der Waals surface area contributed by atoms with Crippen LogP contribution in [0.2, 0.25) is 0 Å². The van der Waals surface area contributed by atoms with Gasteiger partial charge in [-0.2, -0.15) is 23.1 Å². The number of carboxylic acids is 1. The quantitative estimate of drug-likeness (QED) is 0.408. The summed E-state index contributed by atoms with van der Waals surface area (Å²) in [6, 6.07) is 6.73. The SMILES string of the molecule is COc1cc(S(C)(=O)=O)ccc1Nc1nc(NC(C)C)c2cc[nH]c2n1.O=C(O)C(F)(F)F. The van der Waals surface area contributed by atoms with E-state index in [1.54, 1.807) is 12.3 Å². The third kappa shape index (κ3) is 6.97. The molecule has 33 heavy (non-hydrogen) atoms. The average Bonchev–Trinajstić information content (AvgIpc) is 3.15. The minimum Gasteiger partial charge on any atom is -0.495 e. The van der Waals surface area contributed by atoms with Crippen LogP contribution in [0.25, 0.3) is 11.0 Å². The second-order valence-corrected chi connectivity index (χ2v) is 9.01. The molecule has 0 saturated heterocycles. The van der Waals surface area contributed by atoms with Gasteiger partial charge >= 0.3 is 12.1 Å². The van der Waals surface area contributed by atoms with Gasteiger partial charge in [0.25, 0.3) is 0 Å². The number of fused-ring (bicyclic) bond motifs is 1. The van der Waals surface area contributed by atoms with Crippen molar-refractivity contribution < 1.29 is 36.2 Å². The van der Waals surface area contributed by atoms with Crippen LogP contribution in [-0.2, 0) is 14.6 Å². The summed E-state index contributed by atoms with van der Waals surface area (Å²) in [5.41, 5.74) is 1.26. The first-order valence-electron chi connectivity index (χ1n) is 9.29. The zero-order valence-electron chi connectivity index (χ0n) is 18.0. The Morgan fingerprint density at radius 3 is 2.36 bits per heavy atom. The van der Waals surface area contributed by atoms with Gasteiger partial charge in [-0.25, -0.2) is 13.2 Å². The molecule has 0 atom stereocenters. The maximum absolute atomic E-state index is 11.7. The average molecular weight is 489 g/mol. The number of nitrogens with one attached hydrogen (secondary N) is 3. The van der Waals surface area contributed by atoms with Gasteiger partial charge in [0, 0.05) is 24.6 Å². The number of carboxylic acid groups (broad SMARTS) is 1. The van der Waals surface area contributed by atoms with Crippen molar-refractivity contribution in [2.45, 2.75) is 31.0 Å². The number of nitrogens with zero attached hydrogens (tertiary/aromatic N) is 2. The Kier molecular flexibility index (Phi) is 7.74. The number of anilines is 3. The van der Waals surface area contributed by atoms with E-state index in [9.17, 15) is 21.6 Å². The van der Waals surface area contributed by atoms with E-state index in [4.69, 9.17) is 14.6 Å². The Balaban J connectivity index is 0.000000479. The number of aromatic nitrogens is 3. The predicted molar refractivity (Wildman–Crippen MR) is 116 cm³/mol. The van der Waals surface area contributed by atoms with Crippen LogP contribution in [0.15, 0.2) is 35.4 Å². The number of H-pyrrole nitrogens is 1. The molecular formula is C19H22F3N5O5S. The van der Waals surface area contributed by atoms with E-state index < -0.39 is 22.0 Å². The van der Waals surface area contributed by atoms with Crippen LogP contribution in [0.3, 0.4) is 0 Å². The standard InChI is InChI=1S/C17H21N5O3S.C2HF3O2/c1-10(2)19-16-12-7-8-18-15(12)21-17(22-16)20-13-6-5-11(26(4,23)24)9-14(13)25-3;3-2(4,5)1(6)7/h5-10H,1-4H3,(H3,18,19,20,21,22);(H,6,7). The summed E-state index contributed by atoms with van der Waals surface area (Å²) in [6.07, 6.45) is -2.13. The number of ether oxygens (including phenoxy) is 1. The minimum atomic E-state index is -5.08. The van der Waals surface area contributed by atoms with E-state index >= 15 is 0 Å². The lowest BCUT2D eigenvalue weighted by Crippen LogP contribution is -2.21. The zero-order valence-corrected chi connectivity index (χ0v) is 18.8. The summed E-state index contributed by atoms with van der Waals surface area (Å²) in [7, 11) is -1.84. The highest BCUT2D eigenvalue weighted by atomic mass is 32.2. The molecule has 2 heterocycles. The molecule has 4 N–H and O–H groups in total. The number of rotatable bonds is 6. The van der Waals surface area contributed by atoms with Crippen molar-refractivity contribution in [2.75, 3.05) is 24.0 Å². The van der Waals surface area contributed by atoms with E-state index in [1.165, 1.54) is 19.2 Å². The van der Waals surface area contributed by atoms with E-state index in [0.717, 1.165) is 11.6 Å². The number of halogens is 3. The third-order valence-corrected chi connectivity index (χ3v) is 5.04. The first-order valence-corrected chi connectivity index (χ1v) is 11.2. The molecule has 10 nitrogen and oxygen atoms in total. The van der Waals surface area contributed by atoms with Crippen LogP contribution in [-0.4, -0.2) is 60.0 Å². The summed E-state index contributed by atoms with van der Waals surface area (Å²) in [5, 5.41) is 14.4. The number of alkyl halides is 3. The molecule has 180 valence electrons. The molecule has 0 amide bonds. The highest BCUT2D eigenvalue weighted by Crippen LogP contribution is 2.30. The fourth-order valence-corrected chi connectivity index (χ4v) is 3.14. The normalized spacial score (nSPS) is 11.6. The number of benzene rings is 1. The zero-order chi connectivity index (χ0) is 25.0. The second kappa shape index (κ2) is 9.94. The van der Waals surface area contributed by atoms with Crippen LogP contribution in [0.4, 0.5) is 30.6 Å². The van der Waals surface area contributed by atoms with Gasteiger partial charge in [0.2, 0.25) is 5.95 Å². The van der Waals surface area contributed by atoms with Gasteiger partial charge in [-0.1, -0.05) is 0 Å². The van der Waals surface area contributed by atoms with Gasteiger partial charge < -0.3 is 25.5 Å². The largest absolute Gasteiger partial charge is 0.495 e. The highest BCUT2D eigenvalue weighted by molar-refractivity contribution is 7.90. The molecular weight excluding hydrogens is 467 g/mol. The van der Waals surface area contributed by atoms with E-state index in [1.807, 2.05) is 19.9 Å². The van der Waals surface area contributed by atoms with Crippen molar-refractivity contribution in [3.8, 4) is 5.75 Å². The molecule has 0 radical (unpaired) electrons. The molecule has 0 unspecified atom stereocenters. The highest BCUT2D eigenvalue weighted by Gasteiger charge is 2.38. The molecule has 1 aromatic carbocycles. The number of sulfone groups is 1. The predicted octanol–water partition coefficient (Wildman–Crippen LogP) is 3.57. The monoisotopic (exact) mass is 489 g/mol. The van der Waals surface area contributed by atoms with Crippen molar-refractivity contribution >= 4 is 44.3 Å². The fraction of sp³-hybridized carbons (Fsp3) is 0.316. The van der Waals surface area contributed by atoms with Crippen molar-refractivity contribution in [1.82, 2.24) is 15.0 Å². The Morgan fingerprint density at radius 2 is 1.85 bits per heavy atom. The lowest BCUT2D eigenvalue weighted by molar-refractivity contribution is -0.192. The molecule has 3 aromatic rings. The number of hydrogen-bond donors (Lipinski definition) is 4. The molecule has 0 fully saturated rings. The number of hydrogen-bond acceptors (Lipinski definition) is 8. The van der Waals surface area contributed by atoms with Gasteiger partial charge in [-0.3, -0.25) is 0 Å². The van der Waals surface area contributed by atoms with Gasteiger partial charge in [-0.05, 0) is 32.0 Å². The van der Waals surface area contributed by atoms with Crippen molar-refractivity contribution in [1.29, 1.82) is 0 Å². The number of methoxy groups -OCH3 is 1. The Bertz CT molecular complexity index is 1240. The lowest BCUT2D eigenvalue weighted by atomic mass is 10.3. The van der Waals surface area contributed by atoms with E-state index in [-0.39, 0.29) is 10.9 Å². The van der Waals surface area contributed by atoms with Crippen molar-refractivity contribution in [3.63, 3.8) is 0 Å². The minimum absolute atomic E-state index is 0.183. The number of carbonyl (C=O) groups is 1. The van der Waals surface area contributed by atoms with Gasteiger partial charge in [0.05, 0.1) is 23.1 Å². The van der Waals surface area contributed by atoms with Crippen LogP contribution < -0.4 is 15.4 Å². The Labute approximate surface area is 187 Å². The van der Waals surface area contributed by atoms with Crippen LogP contribution >= 0.6 is 0 Å². The summed E-state index contributed by atoms with van der Waals surface area (Å²) >= 11 is 0. The van der Waals surface area contributed by atoms with Crippen LogP contribution in [0.5, 0.6) is 5.75 Å². The molecule has 0 aliphatic heterocycles. The van der Waals surface area contributed by atoms with Crippen LogP contribution in [0, 0.1) is 0 Å². The van der Waals surface area contributed by atoms with E-state index in [2.05, 4.69) is 25.6 Å². The topological polar surface area (TPSA) is 146 Å². The summed E-state index contributed by atoms with van der Waals surface area (Å²) in [4.78, 5) is 21.1. The van der Waals surface area contributed by atoms with E-state index in [0.29, 0.717) is 28.9 Å². The first-order chi connectivity index (χ1) is 15.2. The molecule has 0 aliphatic rings. The maximum atomic E-state index is 11.7. The number of aliphatic carboxylic acids is 1. The van der Waals surface area contributed by atoms with Crippen LogP contribution in [0.1, 0.15) is 13.8 Å². The molecule has 0 spiro atoms. The van der Waals surface area contributed by atoms with Gasteiger partial charge in [-0.15, -0.1) is 0 Å². The molecule has 14 heteroatoms. The van der Waals surface area contributed by atoms with Gasteiger partial charge in [0.15, 0.2) is 9.84 Å². The lowest BCUT2D eigenvalue weighted by Gasteiger charge is -2.14. The molecule has 0 bridgehead atoms. The molecule has 3 rings (SSSR count). The number of aromatic amines is 1. The van der Waals surface area contributed by atoms with Gasteiger partial charge in [0.1, 0.15) is 17.2 Å². The molecule has 0 saturated carbocycles. The summed E-state index contributed by atoms with van der Waals surface area (Å²) in [5.74, 6) is -1.29. The first kappa shape index (κ1) is 25.7. The van der Waals surface area contributed by atoms with Crippen molar-refractivity contribution in [3.05, 3.63) is 30.5 Å². The molecule has 0 aliphatic carbocycles. The third-order valence-electron chi connectivity index (χ3n) is 3.93. The van der Waals surface area contributed by atoms with Crippen molar-refractivity contribution in [2.24, 2.45) is 0 Å². The Morgan fingerprint density at radius 1 is 1.21 bits per heavy atom. The second-order valence-electron chi connectivity index (χ2n) is 7.00. The maximum Gasteiger partial charge on any atom is 0.490 e. The summed E-state index contributed by atoms with van der Waals surface area (Å²) < 4.78 is 60.5. The fourth-order valence-electron chi connectivity index (χ4n) is 2.51. The summed E-state index contributed by atoms with van der Waals surface area (Å²) in [6.45, 7) is 4.06. The Hall–Kier alpha value is -3.55. The smallest absolute Gasteiger partial charge is 0.490 e.